The maximum atomic E-state index is 5.54. The Morgan fingerprint density at radius 2 is 2.00 bits per heavy atom. The molecule has 0 aromatic rings. The summed E-state index contributed by atoms with van der Waals surface area (Å²) in [5.41, 5.74) is 11.1. The Morgan fingerprint density at radius 3 is 2.42 bits per heavy atom. The molecule has 0 saturated carbocycles. The molecule has 3 heteroatoms. The van der Waals surface area contributed by atoms with Gasteiger partial charge in [0.05, 0.1) is 12.2 Å². The average Bonchev–Trinajstić information content (AvgIpc) is 2.78. The highest BCUT2D eigenvalue weighted by Crippen LogP contribution is 2.38. The molecule has 12 heavy (non-hydrogen) atoms. The minimum Gasteiger partial charge on any atom is -0.370 e. The van der Waals surface area contributed by atoms with E-state index in [9.17, 15) is 0 Å². The Bertz CT molecular complexity index is 134. The molecule has 1 saturated heterocycles. The quantitative estimate of drug-likeness (QED) is 0.573. The van der Waals surface area contributed by atoms with E-state index in [0.717, 1.165) is 39.0 Å². The first-order valence-electron chi connectivity index (χ1n) is 4.77. The van der Waals surface area contributed by atoms with Gasteiger partial charge in [-0.1, -0.05) is 0 Å². The molecule has 72 valence electrons. The van der Waals surface area contributed by atoms with Crippen LogP contribution >= 0.6 is 0 Å². The van der Waals surface area contributed by atoms with Gasteiger partial charge < -0.3 is 16.2 Å². The van der Waals surface area contributed by atoms with Gasteiger partial charge in [-0.25, -0.2) is 0 Å². The fourth-order valence-electron chi connectivity index (χ4n) is 1.67. The summed E-state index contributed by atoms with van der Waals surface area (Å²) in [6, 6.07) is 0. The third kappa shape index (κ3) is 2.44. The minimum absolute atomic E-state index is 0.133. The maximum Gasteiger partial charge on any atom is 0.0917 e. The third-order valence-electron chi connectivity index (χ3n) is 2.74. The van der Waals surface area contributed by atoms with Crippen LogP contribution in [0.15, 0.2) is 0 Å². The predicted octanol–water partition coefficient (Wildman–Crippen LogP) is 0.479. The molecule has 1 aliphatic rings. The molecule has 1 heterocycles. The normalized spacial score (nSPS) is 30.2. The summed E-state index contributed by atoms with van der Waals surface area (Å²) >= 11 is 0. The molecule has 0 spiro atoms. The minimum atomic E-state index is 0.133. The summed E-state index contributed by atoms with van der Waals surface area (Å²) in [5.74, 6) is 0.617. The summed E-state index contributed by atoms with van der Waals surface area (Å²) in [5, 5.41) is 0. The Labute approximate surface area is 74.4 Å². The Hall–Kier alpha value is -0.120. The van der Waals surface area contributed by atoms with Crippen molar-refractivity contribution in [1.82, 2.24) is 0 Å². The molecule has 0 aromatic carbocycles. The van der Waals surface area contributed by atoms with Crippen molar-refractivity contribution in [3.8, 4) is 0 Å². The first-order chi connectivity index (χ1) is 5.73. The number of ether oxygens (including phenoxy) is 1. The van der Waals surface area contributed by atoms with Crippen molar-refractivity contribution in [3.63, 3.8) is 0 Å². The topological polar surface area (TPSA) is 64.6 Å². The maximum absolute atomic E-state index is 5.54. The van der Waals surface area contributed by atoms with Crippen LogP contribution in [0.2, 0.25) is 0 Å². The van der Waals surface area contributed by atoms with Crippen LogP contribution in [-0.2, 0) is 4.74 Å². The van der Waals surface area contributed by atoms with E-state index in [1.165, 1.54) is 0 Å². The second-order valence-electron chi connectivity index (χ2n) is 3.81. The molecule has 4 N–H and O–H groups in total. The molecule has 1 aliphatic heterocycles. The molecule has 1 fully saturated rings. The first kappa shape index (κ1) is 9.96. The summed E-state index contributed by atoms with van der Waals surface area (Å²) in [6.07, 6.45) is 3.31. The lowest BCUT2D eigenvalue weighted by molar-refractivity contribution is 0.214. The van der Waals surface area contributed by atoms with Crippen LogP contribution in [0.1, 0.15) is 26.2 Å². The van der Waals surface area contributed by atoms with Gasteiger partial charge in [-0.15, -0.1) is 0 Å². The van der Waals surface area contributed by atoms with Crippen molar-refractivity contribution in [3.05, 3.63) is 0 Å². The van der Waals surface area contributed by atoms with Gasteiger partial charge in [0, 0.05) is 0 Å². The predicted molar refractivity (Wildman–Crippen MR) is 49.8 cm³/mol. The Morgan fingerprint density at radius 1 is 1.33 bits per heavy atom. The van der Waals surface area contributed by atoms with E-state index in [-0.39, 0.29) is 5.60 Å². The van der Waals surface area contributed by atoms with Gasteiger partial charge in [0.25, 0.3) is 0 Å². The van der Waals surface area contributed by atoms with Crippen LogP contribution in [-0.4, -0.2) is 25.3 Å². The van der Waals surface area contributed by atoms with E-state index in [1.54, 1.807) is 0 Å². The fourth-order valence-corrected chi connectivity index (χ4v) is 1.67. The largest absolute Gasteiger partial charge is 0.370 e. The lowest BCUT2D eigenvalue weighted by Gasteiger charge is -2.19. The Balaban J connectivity index is 2.28. The summed E-state index contributed by atoms with van der Waals surface area (Å²) in [4.78, 5) is 0. The van der Waals surface area contributed by atoms with Gasteiger partial charge in [-0.2, -0.15) is 0 Å². The van der Waals surface area contributed by atoms with Crippen LogP contribution in [0.5, 0.6) is 0 Å². The van der Waals surface area contributed by atoms with E-state index in [1.807, 2.05) is 0 Å². The summed E-state index contributed by atoms with van der Waals surface area (Å²) in [6.45, 7) is 4.61. The lowest BCUT2D eigenvalue weighted by atomic mass is 9.87. The molecule has 0 aromatic heterocycles. The smallest absolute Gasteiger partial charge is 0.0917 e. The van der Waals surface area contributed by atoms with E-state index >= 15 is 0 Å². The van der Waals surface area contributed by atoms with Gasteiger partial charge in [-0.05, 0) is 45.2 Å². The van der Waals surface area contributed by atoms with Crippen molar-refractivity contribution >= 4 is 0 Å². The van der Waals surface area contributed by atoms with Gasteiger partial charge >= 0.3 is 0 Å². The number of epoxide rings is 1. The number of nitrogens with two attached hydrogens (primary N) is 2. The Kier molecular flexibility index (Phi) is 3.50. The van der Waals surface area contributed by atoms with E-state index in [0.29, 0.717) is 5.92 Å². The summed E-state index contributed by atoms with van der Waals surface area (Å²) in [7, 11) is 0. The molecule has 0 aliphatic carbocycles. The van der Waals surface area contributed by atoms with Gasteiger partial charge in [0.15, 0.2) is 0 Å². The lowest BCUT2D eigenvalue weighted by Crippen LogP contribution is -2.24. The second-order valence-corrected chi connectivity index (χ2v) is 3.81. The number of hydrogen-bond donors (Lipinski definition) is 2. The second kappa shape index (κ2) is 4.21. The molecular formula is C9H20N2O. The van der Waals surface area contributed by atoms with Crippen molar-refractivity contribution < 1.29 is 4.74 Å². The van der Waals surface area contributed by atoms with Crippen molar-refractivity contribution in [2.45, 2.75) is 31.8 Å². The van der Waals surface area contributed by atoms with Gasteiger partial charge in [0.1, 0.15) is 0 Å². The molecule has 2 atom stereocenters. The summed E-state index contributed by atoms with van der Waals surface area (Å²) < 4.78 is 5.41. The molecule has 0 bridgehead atoms. The van der Waals surface area contributed by atoms with Crippen LogP contribution < -0.4 is 11.5 Å². The van der Waals surface area contributed by atoms with Gasteiger partial charge in [-0.3, -0.25) is 0 Å². The average molecular weight is 172 g/mol. The zero-order valence-electron chi connectivity index (χ0n) is 7.88. The van der Waals surface area contributed by atoms with Crippen molar-refractivity contribution in [1.29, 1.82) is 0 Å². The third-order valence-corrected chi connectivity index (χ3v) is 2.74. The monoisotopic (exact) mass is 172 g/mol. The van der Waals surface area contributed by atoms with E-state index < -0.39 is 0 Å². The van der Waals surface area contributed by atoms with E-state index in [2.05, 4.69) is 6.92 Å². The van der Waals surface area contributed by atoms with Gasteiger partial charge in [0.2, 0.25) is 0 Å². The number of hydrogen-bond acceptors (Lipinski definition) is 3. The van der Waals surface area contributed by atoms with E-state index in [4.69, 9.17) is 16.2 Å². The molecule has 1 rings (SSSR count). The highest BCUT2D eigenvalue weighted by atomic mass is 16.6. The molecule has 2 unspecified atom stereocenters. The van der Waals surface area contributed by atoms with Crippen molar-refractivity contribution in [2.24, 2.45) is 17.4 Å². The SMILES string of the molecule is CC1(C(CCN)CCCN)CO1. The number of rotatable bonds is 6. The fraction of sp³-hybridized carbons (Fsp3) is 1.00. The standard InChI is InChI=1S/C9H20N2O/c1-9(7-12-9)8(4-6-11)3-2-5-10/h8H,2-7,10-11H2,1H3. The van der Waals surface area contributed by atoms with Crippen LogP contribution in [0.4, 0.5) is 0 Å². The van der Waals surface area contributed by atoms with Crippen LogP contribution in [0.3, 0.4) is 0 Å². The first-order valence-corrected chi connectivity index (χ1v) is 4.77. The van der Waals surface area contributed by atoms with Crippen LogP contribution in [0.25, 0.3) is 0 Å². The molecule has 0 radical (unpaired) electrons. The zero-order chi connectivity index (χ0) is 9.03. The molecular weight excluding hydrogens is 152 g/mol. The molecule has 3 nitrogen and oxygen atoms in total. The highest BCUT2D eigenvalue weighted by molar-refractivity contribution is 4.93. The molecule has 0 amide bonds. The zero-order valence-corrected chi connectivity index (χ0v) is 7.88. The van der Waals surface area contributed by atoms with Crippen molar-refractivity contribution in [2.75, 3.05) is 19.7 Å². The van der Waals surface area contributed by atoms with Crippen LogP contribution in [0, 0.1) is 5.92 Å². The highest BCUT2D eigenvalue weighted by Gasteiger charge is 2.45.